The van der Waals surface area contributed by atoms with E-state index in [1.54, 1.807) is 6.33 Å². The van der Waals surface area contributed by atoms with Gasteiger partial charge in [0.2, 0.25) is 5.88 Å². The van der Waals surface area contributed by atoms with Crippen molar-refractivity contribution in [2.45, 2.75) is 31.8 Å². The summed E-state index contributed by atoms with van der Waals surface area (Å²) in [6.45, 7) is 4.15. The molecule has 1 unspecified atom stereocenters. The van der Waals surface area contributed by atoms with E-state index in [0.717, 1.165) is 38.4 Å². The molecule has 2 aliphatic rings. The lowest BCUT2D eigenvalue weighted by Gasteiger charge is -2.27. The summed E-state index contributed by atoms with van der Waals surface area (Å²) in [6, 6.07) is 1.98. The maximum atomic E-state index is 5.87. The van der Waals surface area contributed by atoms with Crippen LogP contribution in [0.15, 0.2) is 12.4 Å². The highest BCUT2D eigenvalue weighted by Crippen LogP contribution is 2.21. The first-order valence-electron chi connectivity index (χ1n) is 6.86. The zero-order valence-electron chi connectivity index (χ0n) is 10.6. The largest absolute Gasteiger partial charge is 0.473 e. The average molecular weight is 248 g/mol. The lowest BCUT2D eigenvalue weighted by atomic mass is 10.1. The molecule has 0 aliphatic carbocycles. The number of ether oxygens (including phenoxy) is 1. The number of piperidine rings is 1. The van der Waals surface area contributed by atoms with E-state index in [4.69, 9.17) is 4.74 Å². The van der Waals surface area contributed by atoms with Crippen LogP contribution >= 0.6 is 0 Å². The number of nitrogens with one attached hydrogen (secondary N) is 1. The molecule has 0 saturated carbocycles. The zero-order valence-corrected chi connectivity index (χ0v) is 10.6. The summed E-state index contributed by atoms with van der Waals surface area (Å²) >= 11 is 0. The Morgan fingerprint density at radius 3 is 2.89 bits per heavy atom. The molecular formula is C13H20N4O. The number of rotatable bonds is 3. The third-order valence-electron chi connectivity index (χ3n) is 3.61. The van der Waals surface area contributed by atoms with E-state index in [2.05, 4.69) is 20.2 Å². The van der Waals surface area contributed by atoms with Crippen LogP contribution in [0.5, 0.6) is 5.88 Å². The third kappa shape index (κ3) is 2.72. The van der Waals surface area contributed by atoms with Crippen LogP contribution < -0.4 is 15.0 Å². The van der Waals surface area contributed by atoms with Crippen molar-refractivity contribution in [1.82, 2.24) is 15.3 Å². The Labute approximate surface area is 108 Å². The van der Waals surface area contributed by atoms with Crippen molar-refractivity contribution < 1.29 is 4.74 Å². The molecule has 1 aromatic heterocycles. The van der Waals surface area contributed by atoms with Gasteiger partial charge in [-0.25, -0.2) is 9.97 Å². The van der Waals surface area contributed by atoms with E-state index in [1.807, 2.05) is 6.07 Å². The van der Waals surface area contributed by atoms with Crippen molar-refractivity contribution in [2.24, 2.45) is 0 Å². The van der Waals surface area contributed by atoms with Gasteiger partial charge in [-0.15, -0.1) is 0 Å². The second-order valence-electron chi connectivity index (χ2n) is 4.99. The quantitative estimate of drug-likeness (QED) is 0.871. The molecule has 5 heteroatoms. The minimum absolute atomic E-state index is 0.258. The summed E-state index contributed by atoms with van der Waals surface area (Å²) in [4.78, 5) is 10.9. The summed E-state index contributed by atoms with van der Waals surface area (Å²) in [5.41, 5.74) is 0. The molecule has 0 radical (unpaired) electrons. The Morgan fingerprint density at radius 2 is 2.11 bits per heavy atom. The van der Waals surface area contributed by atoms with Gasteiger partial charge in [-0.05, 0) is 32.2 Å². The summed E-state index contributed by atoms with van der Waals surface area (Å²) < 4.78 is 5.87. The number of hydrogen-bond donors (Lipinski definition) is 1. The molecule has 2 aliphatic heterocycles. The normalized spacial score (nSPS) is 24.2. The van der Waals surface area contributed by atoms with Crippen LogP contribution in [0.1, 0.15) is 25.7 Å². The van der Waals surface area contributed by atoms with Gasteiger partial charge in [0.15, 0.2) is 0 Å². The first kappa shape index (κ1) is 11.7. The van der Waals surface area contributed by atoms with Crippen LogP contribution in [-0.4, -0.2) is 42.3 Å². The minimum atomic E-state index is 0.258. The summed E-state index contributed by atoms with van der Waals surface area (Å²) in [5.74, 6) is 1.71. The molecular weight excluding hydrogens is 228 g/mol. The Bertz CT molecular complexity index is 386. The zero-order chi connectivity index (χ0) is 12.2. The molecule has 3 rings (SSSR count). The molecule has 2 fully saturated rings. The third-order valence-corrected chi connectivity index (χ3v) is 3.61. The van der Waals surface area contributed by atoms with E-state index in [9.17, 15) is 0 Å². The highest BCUT2D eigenvalue weighted by molar-refractivity contribution is 5.41. The highest BCUT2D eigenvalue weighted by atomic mass is 16.5. The molecule has 0 spiro atoms. The maximum Gasteiger partial charge on any atom is 0.218 e. The molecule has 1 aromatic rings. The van der Waals surface area contributed by atoms with Crippen molar-refractivity contribution in [1.29, 1.82) is 0 Å². The van der Waals surface area contributed by atoms with Gasteiger partial charge < -0.3 is 15.0 Å². The summed E-state index contributed by atoms with van der Waals surface area (Å²) in [5, 5.41) is 3.29. The maximum absolute atomic E-state index is 5.87. The molecule has 0 aromatic carbocycles. The monoisotopic (exact) mass is 248 g/mol. The van der Waals surface area contributed by atoms with Gasteiger partial charge in [-0.1, -0.05) is 0 Å². The fourth-order valence-electron chi connectivity index (χ4n) is 2.59. The predicted octanol–water partition coefficient (Wildman–Crippen LogP) is 1.21. The lowest BCUT2D eigenvalue weighted by Crippen LogP contribution is -2.30. The van der Waals surface area contributed by atoms with Crippen molar-refractivity contribution in [3.63, 3.8) is 0 Å². The summed E-state index contributed by atoms with van der Waals surface area (Å²) in [7, 11) is 0. The van der Waals surface area contributed by atoms with E-state index < -0.39 is 0 Å². The van der Waals surface area contributed by atoms with Gasteiger partial charge in [-0.3, -0.25) is 0 Å². The van der Waals surface area contributed by atoms with Crippen LogP contribution in [0.2, 0.25) is 0 Å². The van der Waals surface area contributed by atoms with Gasteiger partial charge in [0, 0.05) is 25.7 Å². The van der Waals surface area contributed by atoms with E-state index >= 15 is 0 Å². The van der Waals surface area contributed by atoms with Crippen molar-refractivity contribution >= 4 is 5.82 Å². The van der Waals surface area contributed by atoms with Crippen molar-refractivity contribution in [3.8, 4) is 5.88 Å². The first-order valence-corrected chi connectivity index (χ1v) is 6.86. The fourth-order valence-corrected chi connectivity index (χ4v) is 2.59. The Morgan fingerprint density at radius 1 is 1.22 bits per heavy atom. The molecule has 0 bridgehead atoms. The van der Waals surface area contributed by atoms with Crippen LogP contribution in [0.4, 0.5) is 5.82 Å². The minimum Gasteiger partial charge on any atom is -0.473 e. The Kier molecular flexibility index (Phi) is 3.59. The second kappa shape index (κ2) is 5.52. The second-order valence-corrected chi connectivity index (χ2v) is 4.99. The molecule has 98 valence electrons. The predicted molar refractivity (Wildman–Crippen MR) is 70.0 cm³/mol. The number of anilines is 1. The molecule has 0 amide bonds. The Hall–Kier alpha value is -1.36. The molecule has 1 N–H and O–H groups in total. The van der Waals surface area contributed by atoms with Gasteiger partial charge in [0.05, 0.1) is 0 Å². The number of hydrogen-bond acceptors (Lipinski definition) is 5. The van der Waals surface area contributed by atoms with Gasteiger partial charge in [0.25, 0.3) is 0 Å². The smallest absolute Gasteiger partial charge is 0.218 e. The molecule has 2 saturated heterocycles. The molecule has 5 nitrogen and oxygen atoms in total. The van der Waals surface area contributed by atoms with E-state index in [0.29, 0.717) is 5.88 Å². The fraction of sp³-hybridized carbons (Fsp3) is 0.692. The summed E-state index contributed by atoms with van der Waals surface area (Å²) in [6.07, 6.45) is 6.78. The van der Waals surface area contributed by atoms with Crippen LogP contribution in [-0.2, 0) is 0 Å². The van der Waals surface area contributed by atoms with Gasteiger partial charge in [-0.2, -0.15) is 0 Å². The number of aromatic nitrogens is 2. The van der Waals surface area contributed by atoms with Crippen LogP contribution in [0.3, 0.4) is 0 Å². The molecule has 18 heavy (non-hydrogen) atoms. The first-order chi connectivity index (χ1) is 8.92. The molecule has 3 heterocycles. The topological polar surface area (TPSA) is 50.3 Å². The van der Waals surface area contributed by atoms with Gasteiger partial charge in [0.1, 0.15) is 18.2 Å². The van der Waals surface area contributed by atoms with Gasteiger partial charge >= 0.3 is 0 Å². The van der Waals surface area contributed by atoms with Crippen molar-refractivity contribution in [3.05, 3.63) is 12.4 Å². The Balaban J connectivity index is 1.67. The van der Waals surface area contributed by atoms with Crippen LogP contribution in [0, 0.1) is 0 Å². The van der Waals surface area contributed by atoms with E-state index in [-0.39, 0.29) is 6.10 Å². The van der Waals surface area contributed by atoms with Crippen LogP contribution in [0.25, 0.3) is 0 Å². The average Bonchev–Trinajstić information content (AvgIpc) is 2.93. The number of nitrogens with zero attached hydrogens (tertiary/aromatic N) is 3. The standard InChI is InChI=1S/C13H20N4O/c1-2-6-17(7-3-1)12-8-13(16-10-15-12)18-11-4-5-14-9-11/h8,10-11,14H,1-7,9H2. The lowest BCUT2D eigenvalue weighted by molar-refractivity contribution is 0.213. The highest BCUT2D eigenvalue weighted by Gasteiger charge is 2.18. The van der Waals surface area contributed by atoms with Crippen molar-refractivity contribution in [2.75, 3.05) is 31.1 Å². The SMILES string of the molecule is c1nc(OC2CCNC2)cc(N2CCCCC2)n1. The van der Waals surface area contributed by atoms with E-state index in [1.165, 1.54) is 19.3 Å². The molecule has 1 atom stereocenters.